The van der Waals surface area contributed by atoms with Crippen molar-refractivity contribution in [1.82, 2.24) is 5.32 Å². The lowest BCUT2D eigenvalue weighted by Crippen LogP contribution is -2.22. The van der Waals surface area contributed by atoms with Gasteiger partial charge in [-0.1, -0.05) is 36.3 Å². The number of hydrogen-bond acceptors (Lipinski definition) is 1. The Hall–Kier alpha value is -1.08. The van der Waals surface area contributed by atoms with Crippen LogP contribution in [0.5, 0.6) is 0 Å². The fraction of sp³-hybridized carbons (Fsp3) is 0.529. The highest BCUT2D eigenvalue weighted by Gasteiger charge is 2.13. The van der Waals surface area contributed by atoms with Crippen LogP contribution in [0.3, 0.4) is 0 Å². The van der Waals surface area contributed by atoms with Crippen LogP contribution in [0.15, 0.2) is 23.8 Å². The summed E-state index contributed by atoms with van der Waals surface area (Å²) in [7, 11) is 0. The highest BCUT2D eigenvalue weighted by Crippen LogP contribution is 2.25. The van der Waals surface area contributed by atoms with E-state index in [1.54, 1.807) is 0 Å². The Morgan fingerprint density at radius 1 is 1.17 bits per heavy atom. The summed E-state index contributed by atoms with van der Waals surface area (Å²) in [4.78, 5) is 0. The molecule has 0 bridgehead atoms. The molecule has 1 atom stereocenters. The van der Waals surface area contributed by atoms with Crippen LogP contribution in [0.25, 0.3) is 0 Å². The Morgan fingerprint density at radius 2 is 1.72 bits per heavy atom. The lowest BCUT2D eigenvalue weighted by atomic mass is 9.93. The van der Waals surface area contributed by atoms with Gasteiger partial charge in [0.1, 0.15) is 0 Å². The summed E-state index contributed by atoms with van der Waals surface area (Å²) in [6.45, 7) is 14.2. The number of nitrogens with one attached hydrogen (secondary N) is 1. The predicted octanol–water partition coefficient (Wildman–Crippen LogP) is 4.62. The van der Waals surface area contributed by atoms with Crippen molar-refractivity contribution < 1.29 is 0 Å². The molecule has 1 aromatic carbocycles. The molecule has 1 N–H and O–H groups in total. The fourth-order valence-corrected chi connectivity index (χ4v) is 2.56. The summed E-state index contributed by atoms with van der Waals surface area (Å²) < 4.78 is 0. The maximum absolute atomic E-state index is 3.64. The van der Waals surface area contributed by atoms with Gasteiger partial charge >= 0.3 is 0 Å². The van der Waals surface area contributed by atoms with Gasteiger partial charge in [0.15, 0.2) is 0 Å². The van der Waals surface area contributed by atoms with Gasteiger partial charge in [0.25, 0.3) is 0 Å². The quantitative estimate of drug-likeness (QED) is 0.746. The second-order valence-corrected chi connectivity index (χ2v) is 5.49. The van der Waals surface area contributed by atoms with E-state index in [0.717, 1.165) is 13.0 Å². The van der Waals surface area contributed by atoms with Crippen molar-refractivity contribution >= 4 is 0 Å². The van der Waals surface area contributed by atoms with Gasteiger partial charge in [-0.2, -0.15) is 0 Å². The maximum Gasteiger partial charge on any atom is 0.0513 e. The summed E-state index contributed by atoms with van der Waals surface area (Å²) in [6.07, 6.45) is 3.50. The molecule has 1 nitrogen and oxygen atoms in total. The molecular weight excluding hydrogens is 218 g/mol. The van der Waals surface area contributed by atoms with E-state index in [1.807, 2.05) is 0 Å². The molecular formula is C17H27N. The van der Waals surface area contributed by atoms with Crippen LogP contribution in [0, 0.1) is 20.8 Å². The Labute approximate surface area is 112 Å². The molecule has 0 amide bonds. The third-order valence-electron chi connectivity index (χ3n) is 3.16. The molecule has 1 unspecified atom stereocenters. The molecule has 0 heterocycles. The lowest BCUT2D eigenvalue weighted by Gasteiger charge is -2.21. The first-order chi connectivity index (χ1) is 8.45. The maximum atomic E-state index is 3.64. The number of rotatable bonds is 5. The molecule has 18 heavy (non-hydrogen) atoms. The highest BCUT2D eigenvalue weighted by atomic mass is 14.9. The minimum Gasteiger partial charge on any atom is -0.307 e. The van der Waals surface area contributed by atoms with Gasteiger partial charge in [-0.15, -0.1) is 0 Å². The van der Waals surface area contributed by atoms with Crippen molar-refractivity contribution in [2.24, 2.45) is 0 Å². The molecule has 1 aromatic rings. The first-order valence-electron chi connectivity index (χ1n) is 6.91. The summed E-state index contributed by atoms with van der Waals surface area (Å²) in [5.74, 6) is 0. The molecule has 0 saturated carbocycles. The number of aryl methyl sites for hydroxylation is 3. The van der Waals surface area contributed by atoms with Crippen molar-refractivity contribution in [3.8, 4) is 0 Å². The van der Waals surface area contributed by atoms with E-state index in [9.17, 15) is 0 Å². The van der Waals surface area contributed by atoms with Crippen molar-refractivity contribution in [2.45, 2.75) is 54.0 Å². The zero-order valence-electron chi connectivity index (χ0n) is 12.7. The van der Waals surface area contributed by atoms with E-state index >= 15 is 0 Å². The largest absolute Gasteiger partial charge is 0.307 e. The van der Waals surface area contributed by atoms with E-state index in [0.29, 0.717) is 6.04 Å². The minimum absolute atomic E-state index is 0.343. The second kappa shape index (κ2) is 6.75. The first-order valence-corrected chi connectivity index (χ1v) is 6.91. The van der Waals surface area contributed by atoms with Gasteiger partial charge < -0.3 is 5.32 Å². The Balaban J connectivity index is 3.16. The normalized spacial score (nSPS) is 12.3. The Bertz CT molecular complexity index is 402. The summed E-state index contributed by atoms with van der Waals surface area (Å²) in [5.41, 5.74) is 6.93. The van der Waals surface area contributed by atoms with Crippen LogP contribution in [0.4, 0.5) is 0 Å². The molecule has 1 heteroatoms. The SMILES string of the molecule is CCCNC(C=C(C)C)c1c(C)cc(C)cc1C. The molecule has 0 spiro atoms. The van der Waals surface area contributed by atoms with Crippen LogP contribution in [-0.4, -0.2) is 6.54 Å². The molecule has 0 aliphatic rings. The predicted molar refractivity (Wildman–Crippen MR) is 81.1 cm³/mol. The van der Waals surface area contributed by atoms with Crippen molar-refractivity contribution in [3.63, 3.8) is 0 Å². The molecule has 0 aliphatic heterocycles. The zero-order chi connectivity index (χ0) is 13.7. The Kier molecular flexibility index (Phi) is 5.61. The van der Waals surface area contributed by atoms with Gasteiger partial charge in [0, 0.05) is 0 Å². The first kappa shape index (κ1) is 15.0. The summed E-state index contributed by atoms with van der Waals surface area (Å²) >= 11 is 0. The molecule has 0 aliphatic carbocycles. The van der Waals surface area contributed by atoms with Gasteiger partial charge in [-0.25, -0.2) is 0 Å². The number of hydrogen-bond donors (Lipinski definition) is 1. The van der Waals surface area contributed by atoms with E-state index < -0.39 is 0 Å². The van der Waals surface area contributed by atoms with Crippen LogP contribution in [0.2, 0.25) is 0 Å². The lowest BCUT2D eigenvalue weighted by molar-refractivity contribution is 0.605. The van der Waals surface area contributed by atoms with Crippen LogP contribution in [-0.2, 0) is 0 Å². The molecule has 100 valence electrons. The molecule has 0 radical (unpaired) electrons. The zero-order valence-corrected chi connectivity index (χ0v) is 12.7. The van der Waals surface area contributed by atoms with E-state index in [2.05, 4.69) is 65.1 Å². The molecule has 0 fully saturated rings. The van der Waals surface area contributed by atoms with Gasteiger partial charge in [-0.05, 0) is 64.3 Å². The average molecular weight is 245 g/mol. The number of benzene rings is 1. The molecule has 0 saturated heterocycles. The van der Waals surface area contributed by atoms with E-state index in [4.69, 9.17) is 0 Å². The average Bonchev–Trinajstić information content (AvgIpc) is 2.23. The third-order valence-corrected chi connectivity index (χ3v) is 3.16. The van der Waals surface area contributed by atoms with Gasteiger partial charge in [0.2, 0.25) is 0 Å². The van der Waals surface area contributed by atoms with E-state index in [-0.39, 0.29) is 0 Å². The highest BCUT2D eigenvalue weighted by molar-refractivity contribution is 5.41. The second-order valence-electron chi connectivity index (χ2n) is 5.49. The van der Waals surface area contributed by atoms with E-state index in [1.165, 1.54) is 27.8 Å². The van der Waals surface area contributed by atoms with Crippen molar-refractivity contribution in [2.75, 3.05) is 6.54 Å². The Morgan fingerprint density at radius 3 is 2.17 bits per heavy atom. The fourth-order valence-electron chi connectivity index (χ4n) is 2.56. The van der Waals surface area contributed by atoms with Gasteiger partial charge in [-0.3, -0.25) is 0 Å². The van der Waals surface area contributed by atoms with Crippen LogP contribution < -0.4 is 5.32 Å². The van der Waals surface area contributed by atoms with Crippen LogP contribution in [0.1, 0.15) is 55.5 Å². The third kappa shape index (κ3) is 3.99. The van der Waals surface area contributed by atoms with Crippen LogP contribution >= 0.6 is 0 Å². The van der Waals surface area contributed by atoms with Crippen molar-refractivity contribution in [1.29, 1.82) is 0 Å². The van der Waals surface area contributed by atoms with Crippen molar-refractivity contribution in [3.05, 3.63) is 46.0 Å². The minimum atomic E-state index is 0.343. The summed E-state index contributed by atoms with van der Waals surface area (Å²) in [6, 6.07) is 4.90. The summed E-state index contributed by atoms with van der Waals surface area (Å²) in [5, 5.41) is 3.64. The smallest absolute Gasteiger partial charge is 0.0513 e. The number of allylic oxidation sites excluding steroid dienone is 1. The molecule has 1 rings (SSSR count). The monoisotopic (exact) mass is 245 g/mol. The molecule has 0 aromatic heterocycles. The topological polar surface area (TPSA) is 12.0 Å². The van der Waals surface area contributed by atoms with Gasteiger partial charge in [0.05, 0.1) is 6.04 Å². The standard InChI is InChI=1S/C17H27N/c1-7-8-18-16(9-12(2)3)17-14(5)10-13(4)11-15(17)6/h9-11,16,18H,7-8H2,1-6H3.